The molecular formula is C23H26F2N4O3S. The zero-order chi connectivity index (χ0) is 23.8. The van der Waals surface area contributed by atoms with Crippen molar-refractivity contribution in [1.82, 2.24) is 19.4 Å². The molecule has 3 aromatic rings. The number of hydrogen-bond acceptors (Lipinski definition) is 5. The minimum atomic E-state index is -2.97. The van der Waals surface area contributed by atoms with Gasteiger partial charge in [-0.2, -0.15) is 20.5 Å². The lowest BCUT2D eigenvalue weighted by molar-refractivity contribution is -0.0498. The van der Waals surface area contributed by atoms with Crippen LogP contribution in [0.4, 0.5) is 8.78 Å². The van der Waals surface area contributed by atoms with Gasteiger partial charge in [-0.25, -0.2) is 9.78 Å². The molecule has 1 amide bonds. The van der Waals surface area contributed by atoms with Gasteiger partial charge in [0.2, 0.25) is 0 Å². The number of nitrogens with one attached hydrogen (secondary N) is 1. The highest BCUT2D eigenvalue weighted by atomic mass is 32.2. The molecule has 0 atom stereocenters. The summed E-state index contributed by atoms with van der Waals surface area (Å²) in [5.74, 6) is 1.65. The van der Waals surface area contributed by atoms with Crippen molar-refractivity contribution in [2.45, 2.75) is 51.8 Å². The van der Waals surface area contributed by atoms with E-state index in [-0.39, 0.29) is 34.6 Å². The van der Waals surface area contributed by atoms with Gasteiger partial charge in [0, 0.05) is 17.6 Å². The Morgan fingerprint density at radius 3 is 2.61 bits per heavy atom. The Balaban J connectivity index is 1.77. The quantitative estimate of drug-likeness (QED) is 0.571. The second-order valence-corrected chi connectivity index (χ2v) is 9.87. The van der Waals surface area contributed by atoms with E-state index in [9.17, 15) is 18.4 Å². The number of halogens is 2. The predicted octanol–water partition coefficient (Wildman–Crippen LogP) is 4.39. The highest BCUT2D eigenvalue weighted by Gasteiger charge is 2.30. The Morgan fingerprint density at radius 2 is 1.94 bits per heavy atom. The number of fused-ring (bicyclic) bond motifs is 1. The van der Waals surface area contributed by atoms with Crippen molar-refractivity contribution in [3.63, 3.8) is 0 Å². The number of benzene rings is 1. The number of nitrogens with zero attached hydrogens (tertiary/aromatic N) is 3. The third kappa shape index (κ3) is 4.75. The first kappa shape index (κ1) is 23.3. The van der Waals surface area contributed by atoms with Gasteiger partial charge in [0.25, 0.3) is 5.91 Å². The number of hydrogen-bond donors (Lipinski definition) is 1. The van der Waals surface area contributed by atoms with Crippen LogP contribution < -0.4 is 15.7 Å². The van der Waals surface area contributed by atoms with Crippen LogP contribution >= 0.6 is 11.8 Å². The van der Waals surface area contributed by atoms with E-state index >= 15 is 0 Å². The fourth-order valence-electron chi connectivity index (χ4n) is 4.07. The molecule has 0 aliphatic carbocycles. The molecule has 10 heteroatoms. The number of pyridine rings is 1. The average molecular weight is 477 g/mol. The Kier molecular flexibility index (Phi) is 6.47. The molecule has 1 N–H and O–H groups in total. The molecular weight excluding hydrogens is 450 g/mol. The van der Waals surface area contributed by atoms with Crippen LogP contribution in [0.3, 0.4) is 0 Å². The number of thioether (sulfide) groups is 1. The summed E-state index contributed by atoms with van der Waals surface area (Å²) in [6.45, 7) is 2.80. The Labute approximate surface area is 194 Å². The summed E-state index contributed by atoms with van der Waals surface area (Å²) >= 11 is 1.88. The van der Waals surface area contributed by atoms with Crippen molar-refractivity contribution >= 4 is 28.7 Å². The smallest absolute Gasteiger partial charge is 0.387 e. The molecule has 0 bridgehead atoms. The van der Waals surface area contributed by atoms with Crippen LogP contribution in [0, 0.1) is 0 Å². The van der Waals surface area contributed by atoms with E-state index in [1.807, 2.05) is 32.5 Å². The first-order valence-electron chi connectivity index (χ1n) is 10.8. The number of alkyl halides is 2. The predicted molar refractivity (Wildman–Crippen MR) is 125 cm³/mol. The molecule has 1 aromatic carbocycles. The van der Waals surface area contributed by atoms with Crippen molar-refractivity contribution < 1.29 is 18.3 Å². The number of aromatic nitrogens is 3. The molecule has 0 saturated carbocycles. The third-order valence-corrected chi connectivity index (χ3v) is 6.81. The highest BCUT2D eigenvalue weighted by molar-refractivity contribution is 7.99. The SMILES string of the molecule is CC(C)n1c(=O)n(-c2cccc(OC(F)F)c2)c2cnc(C(=O)NC3(C)CCSCC3)cc21. The Morgan fingerprint density at radius 1 is 1.21 bits per heavy atom. The number of imidazole rings is 1. The van der Waals surface area contributed by atoms with Gasteiger partial charge in [-0.3, -0.25) is 13.9 Å². The molecule has 176 valence electrons. The molecule has 1 aliphatic rings. The lowest BCUT2D eigenvalue weighted by atomic mass is 9.94. The second-order valence-electron chi connectivity index (χ2n) is 8.64. The molecule has 7 nitrogen and oxygen atoms in total. The molecule has 1 aliphatic heterocycles. The fraction of sp³-hybridized carbons (Fsp3) is 0.435. The van der Waals surface area contributed by atoms with Crippen LogP contribution in [0.2, 0.25) is 0 Å². The second kappa shape index (κ2) is 9.17. The normalized spacial score (nSPS) is 15.8. The van der Waals surface area contributed by atoms with E-state index in [2.05, 4.69) is 15.0 Å². The van der Waals surface area contributed by atoms with E-state index in [1.54, 1.807) is 16.7 Å². The Bertz CT molecular complexity index is 1230. The zero-order valence-electron chi connectivity index (χ0n) is 18.7. The molecule has 0 radical (unpaired) electrons. The molecule has 0 spiro atoms. The standard InChI is InChI=1S/C23H26F2N4O3S/c1-14(2)28-18-12-17(20(30)27-23(3)7-9-33-10-8-23)26-13-19(18)29(22(28)31)15-5-4-6-16(11-15)32-21(24)25/h4-6,11-14,21H,7-10H2,1-3H3,(H,27,30). The summed E-state index contributed by atoms with van der Waals surface area (Å²) < 4.78 is 32.8. The van der Waals surface area contributed by atoms with E-state index < -0.39 is 6.61 Å². The van der Waals surface area contributed by atoms with E-state index in [4.69, 9.17) is 0 Å². The van der Waals surface area contributed by atoms with E-state index in [0.29, 0.717) is 16.7 Å². The highest BCUT2D eigenvalue weighted by Crippen LogP contribution is 2.27. The van der Waals surface area contributed by atoms with Gasteiger partial charge in [0.1, 0.15) is 11.4 Å². The van der Waals surface area contributed by atoms with Gasteiger partial charge in [-0.15, -0.1) is 0 Å². The van der Waals surface area contributed by atoms with Crippen molar-refractivity contribution in [3.8, 4) is 11.4 Å². The van der Waals surface area contributed by atoms with Crippen LogP contribution in [-0.2, 0) is 0 Å². The van der Waals surface area contributed by atoms with Gasteiger partial charge in [-0.05, 0) is 63.3 Å². The number of ether oxygens (including phenoxy) is 1. The first-order valence-corrected chi connectivity index (χ1v) is 11.9. The molecule has 33 heavy (non-hydrogen) atoms. The van der Waals surface area contributed by atoms with E-state index in [1.165, 1.54) is 29.0 Å². The summed E-state index contributed by atoms with van der Waals surface area (Å²) in [5, 5.41) is 3.11. The van der Waals surface area contributed by atoms with Crippen molar-refractivity contribution in [1.29, 1.82) is 0 Å². The summed E-state index contributed by atoms with van der Waals surface area (Å²) in [7, 11) is 0. The number of carbonyl (C=O) groups is 1. The minimum Gasteiger partial charge on any atom is -0.435 e. The molecule has 1 fully saturated rings. The molecule has 2 aromatic heterocycles. The fourth-order valence-corrected chi connectivity index (χ4v) is 5.47. The first-order chi connectivity index (χ1) is 15.7. The average Bonchev–Trinajstić information content (AvgIpc) is 3.04. The molecule has 0 unspecified atom stereocenters. The lowest BCUT2D eigenvalue weighted by Gasteiger charge is -2.34. The van der Waals surface area contributed by atoms with Crippen LogP contribution in [0.15, 0.2) is 41.3 Å². The van der Waals surface area contributed by atoms with Crippen molar-refractivity contribution in [2.24, 2.45) is 0 Å². The number of amides is 1. The maximum atomic E-state index is 13.3. The lowest BCUT2D eigenvalue weighted by Crippen LogP contribution is -2.48. The van der Waals surface area contributed by atoms with Gasteiger partial charge in [0.05, 0.1) is 22.9 Å². The maximum Gasteiger partial charge on any atom is 0.387 e. The van der Waals surface area contributed by atoms with Gasteiger partial charge >= 0.3 is 12.3 Å². The van der Waals surface area contributed by atoms with Gasteiger partial charge in [-0.1, -0.05) is 6.07 Å². The summed E-state index contributed by atoms with van der Waals surface area (Å²) in [6.07, 6.45) is 3.25. The third-order valence-electron chi connectivity index (χ3n) is 5.82. The molecule has 4 rings (SSSR count). The van der Waals surface area contributed by atoms with E-state index in [0.717, 1.165) is 24.3 Å². The number of carbonyl (C=O) groups excluding carboxylic acids is 1. The largest absolute Gasteiger partial charge is 0.435 e. The monoisotopic (exact) mass is 476 g/mol. The van der Waals surface area contributed by atoms with Crippen LogP contribution in [0.25, 0.3) is 16.7 Å². The van der Waals surface area contributed by atoms with Crippen LogP contribution in [0.5, 0.6) is 5.75 Å². The van der Waals surface area contributed by atoms with Crippen LogP contribution in [-0.4, -0.2) is 43.7 Å². The van der Waals surface area contributed by atoms with Gasteiger partial charge in [0.15, 0.2) is 0 Å². The minimum absolute atomic E-state index is 0.0531. The zero-order valence-corrected chi connectivity index (χ0v) is 19.5. The number of rotatable bonds is 6. The van der Waals surface area contributed by atoms with Crippen molar-refractivity contribution in [2.75, 3.05) is 11.5 Å². The Hall–Kier alpha value is -2.88. The van der Waals surface area contributed by atoms with Gasteiger partial charge < -0.3 is 10.1 Å². The maximum absolute atomic E-state index is 13.3. The van der Waals surface area contributed by atoms with Crippen LogP contribution in [0.1, 0.15) is 50.1 Å². The summed E-state index contributed by atoms with van der Waals surface area (Å²) in [4.78, 5) is 30.6. The topological polar surface area (TPSA) is 78.2 Å². The molecule has 1 saturated heterocycles. The summed E-state index contributed by atoms with van der Waals surface area (Å²) in [5.41, 5.74) is 0.967. The summed E-state index contributed by atoms with van der Waals surface area (Å²) in [6, 6.07) is 7.35. The van der Waals surface area contributed by atoms with Crippen molar-refractivity contribution in [3.05, 3.63) is 52.7 Å². The molecule has 3 heterocycles.